The molecule has 2 N–H and O–H groups in total. The Morgan fingerprint density at radius 1 is 0.889 bits per heavy atom. The normalized spacial score (nSPS) is 12.2. The van der Waals surface area contributed by atoms with Gasteiger partial charge >= 0.3 is 0 Å². The van der Waals surface area contributed by atoms with E-state index in [1.807, 2.05) is 37.3 Å². The molecule has 0 aliphatic heterocycles. The average Bonchev–Trinajstić information content (AvgIpc) is 2.98. The summed E-state index contributed by atoms with van der Waals surface area (Å²) >= 11 is 0. The second-order valence-corrected chi connectivity index (χ2v) is 6.63. The molecule has 0 bridgehead atoms. The number of ketones is 1. The predicted octanol–water partition coefficient (Wildman–Crippen LogP) is 3.99. The molecular formula is C22H28N2O3. The van der Waals surface area contributed by atoms with Gasteiger partial charge in [-0.3, -0.25) is 4.79 Å². The molecule has 3 rings (SSSR count). The number of nitrogens with zero attached hydrogens (tertiary/aromatic N) is 1. The Balaban J connectivity index is 1.91. The number of hydrogen-bond donors (Lipinski definition) is 1. The highest BCUT2D eigenvalue weighted by Crippen LogP contribution is 2.46. The number of nitrogens with two attached hydrogens (primary N) is 1. The number of nitrogen functional groups attached to an aromatic ring is 1. The fourth-order valence-electron chi connectivity index (χ4n) is 3.47. The lowest BCUT2D eigenvalue weighted by molar-refractivity contribution is 0.104. The highest BCUT2D eigenvalue weighted by Gasteiger charge is 2.32. The van der Waals surface area contributed by atoms with Crippen molar-refractivity contribution in [2.75, 3.05) is 38.6 Å². The molecule has 5 nitrogen and oxygen atoms in total. The fraction of sp³-hybridized carbons (Fsp3) is 0.409. The molecule has 0 saturated carbocycles. The van der Waals surface area contributed by atoms with Crippen molar-refractivity contribution in [3.63, 3.8) is 0 Å². The zero-order valence-corrected chi connectivity index (χ0v) is 16.4. The molecular weight excluding hydrogens is 340 g/mol. The number of benzene rings is 2. The van der Waals surface area contributed by atoms with Gasteiger partial charge in [0.15, 0.2) is 5.78 Å². The number of rotatable bonds is 9. The summed E-state index contributed by atoms with van der Waals surface area (Å²) in [6.07, 6.45) is 0.884. The summed E-state index contributed by atoms with van der Waals surface area (Å²) < 4.78 is 11.7. The fourth-order valence-corrected chi connectivity index (χ4v) is 3.47. The Morgan fingerprint density at radius 2 is 1.63 bits per heavy atom. The molecule has 144 valence electrons. The largest absolute Gasteiger partial charge is 0.492 e. The van der Waals surface area contributed by atoms with Gasteiger partial charge in [0.1, 0.15) is 18.1 Å². The van der Waals surface area contributed by atoms with Gasteiger partial charge in [-0.25, -0.2) is 0 Å². The van der Waals surface area contributed by atoms with E-state index in [-0.39, 0.29) is 5.78 Å². The van der Waals surface area contributed by atoms with Crippen molar-refractivity contribution in [2.24, 2.45) is 0 Å². The first-order chi connectivity index (χ1) is 13.1. The van der Waals surface area contributed by atoms with Crippen LogP contribution in [0, 0.1) is 0 Å². The van der Waals surface area contributed by atoms with Crippen LogP contribution in [0.4, 0.5) is 5.69 Å². The van der Waals surface area contributed by atoms with E-state index >= 15 is 0 Å². The third-order valence-corrected chi connectivity index (χ3v) is 4.99. The predicted molar refractivity (Wildman–Crippen MR) is 109 cm³/mol. The SMILES string of the molecule is CCCOc1ccc2c(c1N)C(=O)c1cccc(OCCN(CC)CC)c1-2. The minimum atomic E-state index is -0.0614. The summed E-state index contributed by atoms with van der Waals surface area (Å²) in [5.74, 6) is 1.24. The van der Waals surface area contributed by atoms with Crippen LogP contribution in [0.1, 0.15) is 43.1 Å². The minimum Gasteiger partial charge on any atom is -0.492 e. The summed E-state index contributed by atoms with van der Waals surface area (Å²) in [6.45, 7) is 10.3. The van der Waals surface area contributed by atoms with E-state index in [1.165, 1.54) is 0 Å². The van der Waals surface area contributed by atoms with Crippen LogP contribution in [0.2, 0.25) is 0 Å². The number of hydrogen-bond acceptors (Lipinski definition) is 5. The molecule has 0 atom stereocenters. The number of carbonyl (C=O) groups excluding carboxylic acids is 1. The van der Waals surface area contributed by atoms with Gasteiger partial charge < -0.3 is 20.1 Å². The van der Waals surface area contributed by atoms with E-state index in [4.69, 9.17) is 15.2 Å². The molecule has 1 aliphatic carbocycles. The van der Waals surface area contributed by atoms with Crippen molar-refractivity contribution in [1.29, 1.82) is 0 Å². The third-order valence-electron chi connectivity index (χ3n) is 4.99. The van der Waals surface area contributed by atoms with E-state index in [0.717, 1.165) is 42.9 Å². The van der Waals surface area contributed by atoms with Crippen molar-refractivity contribution in [1.82, 2.24) is 4.90 Å². The van der Waals surface area contributed by atoms with Crippen molar-refractivity contribution in [3.8, 4) is 22.6 Å². The maximum absolute atomic E-state index is 13.0. The van der Waals surface area contributed by atoms with Crippen LogP contribution in [-0.2, 0) is 0 Å². The summed E-state index contributed by atoms with van der Waals surface area (Å²) in [4.78, 5) is 15.3. The van der Waals surface area contributed by atoms with Gasteiger partial charge in [0.2, 0.25) is 0 Å². The number of fused-ring (bicyclic) bond motifs is 3. The van der Waals surface area contributed by atoms with Gasteiger partial charge in [-0.1, -0.05) is 32.9 Å². The summed E-state index contributed by atoms with van der Waals surface area (Å²) in [5.41, 5.74) is 9.53. The van der Waals surface area contributed by atoms with Gasteiger partial charge in [0.25, 0.3) is 0 Å². The molecule has 27 heavy (non-hydrogen) atoms. The zero-order valence-electron chi connectivity index (χ0n) is 16.4. The Labute approximate surface area is 161 Å². The smallest absolute Gasteiger partial charge is 0.196 e. The number of carbonyl (C=O) groups is 1. The molecule has 1 aliphatic rings. The molecule has 0 spiro atoms. The first-order valence-electron chi connectivity index (χ1n) is 9.70. The lowest BCUT2D eigenvalue weighted by atomic mass is 10.0. The summed E-state index contributed by atoms with van der Waals surface area (Å²) in [7, 11) is 0. The van der Waals surface area contributed by atoms with Crippen LogP contribution in [0.25, 0.3) is 11.1 Å². The monoisotopic (exact) mass is 368 g/mol. The number of likely N-dealkylation sites (N-methyl/N-ethyl adjacent to an activating group) is 1. The maximum atomic E-state index is 13.0. The highest BCUT2D eigenvalue weighted by atomic mass is 16.5. The van der Waals surface area contributed by atoms with Gasteiger partial charge in [0, 0.05) is 17.7 Å². The molecule has 0 heterocycles. The molecule has 0 fully saturated rings. The molecule has 5 heteroatoms. The second kappa shape index (κ2) is 8.44. The lowest BCUT2D eigenvalue weighted by Gasteiger charge is -2.19. The average molecular weight is 368 g/mol. The molecule has 0 amide bonds. The molecule has 0 radical (unpaired) electrons. The third kappa shape index (κ3) is 3.65. The highest BCUT2D eigenvalue weighted by molar-refractivity contribution is 6.25. The van der Waals surface area contributed by atoms with Gasteiger partial charge in [-0.15, -0.1) is 0 Å². The second-order valence-electron chi connectivity index (χ2n) is 6.63. The molecule has 0 aromatic heterocycles. The van der Waals surface area contributed by atoms with E-state index in [0.29, 0.717) is 35.8 Å². The molecule has 2 aromatic carbocycles. The van der Waals surface area contributed by atoms with Crippen molar-refractivity contribution in [2.45, 2.75) is 27.2 Å². The van der Waals surface area contributed by atoms with Crippen molar-refractivity contribution >= 4 is 11.5 Å². The van der Waals surface area contributed by atoms with Gasteiger partial charge in [0.05, 0.1) is 17.9 Å². The number of anilines is 1. The van der Waals surface area contributed by atoms with Crippen LogP contribution < -0.4 is 15.2 Å². The van der Waals surface area contributed by atoms with Crippen molar-refractivity contribution < 1.29 is 14.3 Å². The first kappa shape index (κ1) is 19.2. The molecule has 2 aromatic rings. The Kier molecular flexibility index (Phi) is 6.01. The maximum Gasteiger partial charge on any atom is 0.196 e. The standard InChI is InChI=1S/C22H28N2O3/c1-4-13-26-18-11-10-15-19-16(22(25)20(15)21(18)23)8-7-9-17(19)27-14-12-24(5-2)6-3/h7-11H,4-6,12-14,23H2,1-3H3. The van der Waals surface area contributed by atoms with Crippen LogP contribution >= 0.6 is 0 Å². The quantitative estimate of drug-likeness (QED) is 0.579. The Morgan fingerprint density at radius 3 is 2.33 bits per heavy atom. The van der Waals surface area contributed by atoms with E-state index in [1.54, 1.807) is 0 Å². The van der Waals surface area contributed by atoms with Crippen LogP contribution in [0.3, 0.4) is 0 Å². The first-order valence-corrected chi connectivity index (χ1v) is 9.70. The van der Waals surface area contributed by atoms with E-state index in [2.05, 4.69) is 18.7 Å². The Bertz CT molecular complexity index is 829. The summed E-state index contributed by atoms with van der Waals surface area (Å²) in [6, 6.07) is 9.37. The topological polar surface area (TPSA) is 64.8 Å². The zero-order chi connectivity index (χ0) is 19.4. The lowest BCUT2D eigenvalue weighted by Crippen LogP contribution is -2.27. The molecule has 0 unspecified atom stereocenters. The summed E-state index contributed by atoms with van der Waals surface area (Å²) in [5, 5.41) is 0. The Hall–Kier alpha value is -2.53. The van der Waals surface area contributed by atoms with Gasteiger partial charge in [-0.2, -0.15) is 0 Å². The van der Waals surface area contributed by atoms with Crippen LogP contribution in [0.5, 0.6) is 11.5 Å². The van der Waals surface area contributed by atoms with E-state index in [9.17, 15) is 4.79 Å². The van der Waals surface area contributed by atoms with E-state index < -0.39 is 0 Å². The number of ether oxygens (including phenoxy) is 2. The van der Waals surface area contributed by atoms with Gasteiger partial charge in [-0.05, 0) is 43.3 Å². The molecule has 0 saturated heterocycles. The van der Waals surface area contributed by atoms with Crippen molar-refractivity contribution in [3.05, 3.63) is 41.5 Å². The minimum absolute atomic E-state index is 0.0614. The van der Waals surface area contributed by atoms with Crippen LogP contribution in [0.15, 0.2) is 30.3 Å². The van der Waals surface area contributed by atoms with Crippen LogP contribution in [-0.4, -0.2) is 43.5 Å².